The van der Waals surface area contributed by atoms with E-state index < -0.39 is 0 Å². The molecule has 1 fully saturated rings. The van der Waals surface area contributed by atoms with Crippen LogP contribution in [0.1, 0.15) is 18.2 Å². The van der Waals surface area contributed by atoms with Gasteiger partial charge in [-0.2, -0.15) is 0 Å². The van der Waals surface area contributed by atoms with Gasteiger partial charge in [0.1, 0.15) is 5.82 Å². The van der Waals surface area contributed by atoms with Crippen LogP contribution in [0.15, 0.2) is 12.1 Å². The van der Waals surface area contributed by atoms with Crippen LogP contribution in [0.25, 0.3) is 0 Å². The molecule has 5 nitrogen and oxygen atoms in total. The zero-order valence-electron chi connectivity index (χ0n) is 11.6. The van der Waals surface area contributed by atoms with Crippen molar-refractivity contribution in [1.29, 1.82) is 0 Å². The summed E-state index contributed by atoms with van der Waals surface area (Å²) in [6, 6.07) is 4.03. The number of hydrogen-bond acceptors (Lipinski definition) is 4. The Kier molecular flexibility index (Phi) is 4.37. The van der Waals surface area contributed by atoms with Gasteiger partial charge in [-0.1, -0.05) is 6.07 Å². The summed E-state index contributed by atoms with van der Waals surface area (Å²) >= 11 is 0. The van der Waals surface area contributed by atoms with E-state index in [0.29, 0.717) is 6.42 Å². The molecule has 1 saturated heterocycles. The monoisotopic (exact) mass is 263 g/mol. The van der Waals surface area contributed by atoms with E-state index in [0.717, 1.165) is 43.3 Å². The summed E-state index contributed by atoms with van der Waals surface area (Å²) in [6.07, 6.45) is 0.650. The molecule has 0 saturated carbocycles. The quantitative estimate of drug-likeness (QED) is 0.867. The summed E-state index contributed by atoms with van der Waals surface area (Å²) < 4.78 is 0. The number of hydrogen-bond donors (Lipinski definition) is 1. The number of rotatable bonds is 3. The van der Waals surface area contributed by atoms with Gasteiger partial charge in [0.25, 0.3) is 0 Å². The maximum atomic E-state index is 11.3. The van der Waals surface area contributed by atoms with Gasteiger partial charge in [-0.3, -0.25) is 4.79 Å². The van der Waals surface area contributed by atoms with Gasteiger partial charge in [0, 0.05) is 45.4 Å². The number of aliphatic hydroxyl groups excluding tert-OH is 1. The molecular weight excluding hydrogens is 242 g/mol. The molecule has 0 aromatic carbocycles. The molecule has 5 heteroatoms. The number of pyridine rings is 1. The predicted molar refractivity (Wildman–Crippen MR) is 74.2 cm³/mol. The van der Waals surface area contributed by atoms with Gasteiger partial charge in [-0.15, -0.1) is 0 Å². The molecule has 0 atom stereocenters. The van der Waals surface area contributed by atoms with E-state index in [1.165, 1.54) is 0 Å². The van der Waals surface area contributed by atoms with Crippen molar-refractivity contribution < 1.29 is 9.90 Å². The van der Waals surface area contributed by atoms with Gasteiger partial charge >= 0.3 is 0 Å². The molecule has 2 rings (SSSR count). The molecule has 0 bridgehead atoms. The molecule has 1 N–H and O–H groups in total. The number of carbonyl (C=O) groups excluding carboxylic acids is 1. The lowest BCUT2D eigenvalue weighted by atomic mass is 10.1. The van der Waals surface area contributed by atoms with E-state index >= 15 is 0 Å². The van der Waals surface area contributed by atoms with E-state index in [2.05, 4.69) is 9.88 Å². The van der Waals surface area contributed by atoms with Gasteiger partial charge in [0.2, 0.25) is 5.91 Å². The van der Waals surface area contributed by atoms with Crippen LogP contribution in [0, 0.1) is 6.92 Å². The third kappa shape index (κ3) is 3.23. The summed E-state index contributed by atoms with van der Waals surface area (Å²) in [7, 11) is 0. The highest BCUT2D eigenvalue weighted by atomic mass is 16.3. The van der Waals surface area contributed by atoms with Crippen molar-refractivity contribution in [3.63, 3.8) is 0 Å². The fourth-order valence-corrected chi connectivity index (χ4v) is 2.39. The van der Waals surface area contributed by atoms with E-state index in [1.807, 2.05) is 24.0 Å². The van der Waals surface area contributed by atoms with Crippen LogP contribution < -0.4 is 4.90 Å². The van der Waals surface area contributed by atoms with Crippen molar-refractivity contribution in [2.24, 2.45) is 0 Å². The lowest BCUT2D eigenvalue weighted by Gasteiger charge is -2.35. The Morgan fingerprint density at radius 1 is 1.32 bits per heavy atom. The van der Waals surface area contributed by atoms with Crippen LogP contribution >= 0.6 is 0 Å². The number of piperazine rings is 1. The van der Waals surface area contributed by atoms with Crippen molar-refractivity contribution in [2.75, 3.05) is 37.7 Å². The average molecular weight is 263 g/mol. The van der Waals surface area contributed by atoms with Crippen LogP contribution in [-0.4, -0.2) is 53.7 Å². The molecule has 0 radical (unpaired) electrons. The average Bonchev–Trinajstić information content (AvgIpc) is 2.41. The predicted octanol–water partition coefficient (Wildman–Crippen LogP) is 0.593. The Hall–Kier alpha value is -1.62. The highest BCUT2D eigenvalue weighted by Gasteiger charge is 2.19. The molecule has 1 amide bonds. The van der Waals surface area contributed by atoms with Crippen LogP contribution in [0.2, 0.25) is 0 Å². The number of amides is 1. The van der Waals surface area contributed by atoms with Crippen LogP contribution in [0.3, 0.4) is 0 Å². The normalized spacial score (nSPS) is 15.7. The SMILES string of the molecule is CC(=O)N1CCN(c2ccc(CCO)c(C)n2)CC1. The minimum atomic E-state index is 0.141. The molecule has 2 heterocycles. The third-order valence-electron chi connectivity index (χ3n) is 3.61. The number of nitrogens with zero attached hydrogens (tertiary/aromatic N) is 3. The Balaban J connectivity index is 2.03. The van der Waals surface area contributed by atoms with Crippen LogP contribution in [0.5, 0.6) is 0 Å². The van der Waals surface area contributed by atoms with Crippen molar-refractivity contribution >= 4 is 11.7 Å². The highest BCUT2D eigenvalue weighted by Crippen LogP contribution is 2.17. The topological polar surface area (TPSA) is 56.7 Å². The van der Waals surface area contributed by atoms with E-state index in [-0.39, 0.29) is 12.5 Å². The zero-order chi connectivity index (χ0) is 13.8. The minimum Gasteiger partial charge on any atom is -0.396 e. The highest BCUT2D eigenvalue weighted by molar-refractivity contribution is 5.73. The Labute approximate surface area is 113 Å². The Bertz CT molecular complexity index is 454. The fraction of sp³-hybridized carbons (Fsp3) is 0.571. The molecule has 19 heavy (non-hydrogen) atoms. The van der Waals surface area contributed by atoms with Crippen molar-refractivity contribution in [3.05, 3.63) is 23.4 Å². The molecule has 1 aromatic heterocycles. The van der Waals surface area contributed by atoms with E-state index in [9.17, 15) is 4.79 Å². The number of aryl methyl sites for hydroxylation is 1. The summed E-state index contributed by atoms with van der Waals surface area (Å²) in [5, 5.41) is 8.97. The first-order chi connectivity index (χ1) is 9.11. The molecule has 0 spiro atoms. The van der Waals surface area contributed by atoms with Crippen molar-refractivity contribution in [1.82, 2.24) is 9.88 Å². The zero-order valence-corrected chi connectivity index (χ0v) is 11.6. The second kappa shape index (κ2) is 6.02. The van der Waals surface area contributed by atoms with Gasteiger partial charge in [0.15, 0.2) is 0 Å². The summed E-state index contributed by atoms with van der Waals surface area (Å²) in [6.45, 7) is 6.90. The third-order valence-corrected chi connectivity index (χ3v) is 3.61. The van der Waals surface area contributed by atoms with Gasteiger partial charge < -0.3 is 14.9 Å². The second-order valence-corrected chi connectivity index (χ2v) is 4.88. The standard InChI is InChI=1S/C14H21N3O2/c1-11-13(5-10-18)3-4-14(15-11)17-8-6-16(7-9-17)12(2)19/h3-4,18H,5-10H2,1-2H3. The summed E-state index contributed by atoms with van der Waals surface area (Å²) in [4.78, 5) is 19.9. The van der Waals surface area contributed by atoms with E-state index in [1.54, 1.807) is 6.92 Å². The Morgan fingerprint density at radius 2 is 2.00 bits per heavy atom. The van der Waals surface area contributed by atoms with Crippen LogP contribution in [0.4, 0.5) is 5.82 Å². The minimum absolute atomic E-state index is 0.141. The first-order valence-corrected chi connectivity index (χ1v) is 6.69. The van der Waals surface area contributed by atoms with Gasteiger partial charge in [-0.05, 0) is 25.0 Å². The number of carbonyl (C=O) groups is 1. The molecule has 0 unspecified atom stereocenters. The second-order valence-electron chi connectivity index (χ2n) is 4.88. The molecule has 104 valence electrons. The smallest absolute Gasteiger partial charge is 0.219 e. The molecule has 0 aliphatic carbocycles. The number of aromatic nitrogens is 1. The number of aliphatic hydroxyl groups is 1. The lowest BCUT2D eigenvalue weighted by Crippen LogP contribution is -2.48. The number of anilines is 1. The maximum absolute atomic E-state index is 11.3. The van der Waals surface area contributed by atoms with Gasteiger partial charge in [0.05, 0.1) is 0 Å². The Morgan fingerprint density at radius 3 is 2.53 bits per heavy atom. The van der Waals surface area contributed by atoms with Crippen molar-refractivity contribution in [3.8, 4) is 0 Å². The maximum Gasteiger partial charge on any atom is 0.219 e. The van der Waals surface area contributed by atoms with E-state index in [4.69, 9.17) is 5.11 Å². The molecule has 1 aliphatic heterocycles. The summed E-state index contributed by atoms with van der Waals surface area (Å²) in [5.74, 6) is 1.10. The summed E-state index contributed by atoms with van der Waals surface area (Å²) in [5.41, 5.74) is 2.06. The molecular formula is C14H21N3O2. The van der Waals surface area contributed by atoms with Gasteiger partial charge in [-0.25, -0.2) is 4.98 Å². The first-order valence-electron chi connectivity index (χ1n) is 6.69. The fourth-order valence-electron chi connectivity index (χ4n) is 2.39. The molecule has 1 aliphatic rings. The largest absolute Gasteiger partial charge is 0.396 e. The lowest BCUT2D eigenvalue weighted by molar-refractivity contribution is -0.129. The first kappa shape index (κ1) is 13.8. The van der Waals surface area contributed by atoms with Crippen LogP contribution in [-0.2, 0) is 11.2 Å². The van der Waals surface area contributed by atoms with Crippen molar-refractivity contribution in [2.45, 2.75) is 20.3 Å². The molecule has 1 aromatic rings.